The van der Waals surface area contributed by atoms with Crippen molar-refractivity contribution in [1.29, 1.82) is 0 Å². The van der Waals surface area contributed by atoms with E-state index in [0.717, 1.165) is 18.4 Å². The molecule has 0 aliphatic carbocycles. The normalized spacial score (nSPS) is 10.9. The van der Waals surface area contributed by atoms with Gasteiger partial charge in [0.15, 0.2) is 12.4 Å². The average molecular weight is 441 g/mol. The first kappa shape index (κ1) is 23.9. The predicted octanol–water partition coefficient (Wildman–Crippen LogP) is 3.10. The predicted molar refractivity (Wildman–Crippen MR) is 119 cm³/mol. The molecule has 1 aromatic heterocycles. The van der Waals surface area contributed by atoms with Crippen LogP contribution in [0.1, 0.15) is 27.9 Å². The smallest absolute Gasteiger partial charge is 0.282 e. The number of nitrogens with one attached hydrogen (secondary N) is 1. The number of pyridine rings is 1. The van der Waals surface area contributed by atoms with Gasteiger partial charge in [0.25, 0.3) is 16.0 Å². The molecular weight excluding hydrogens is 414 g/mol. The van der Waals surface area contributed by atoms with Gasteiger partial charge in [0.1, 0.15) is 12.6 Å². The monoisotopic (exact) mass is 440 g/mol. The topological polar surface area (TPSA) is 99.7 Å². The summed E-state index contributed by atoms with van der Waals surface area (Å²) in [5.74, 6) is -0.197. The lowest BCUT2D eigenvalue weighted by molar-refractivity contribution is -0.671. The molecule has 3 aromatic rings. The van der Waals surface area contributed by atoms with Gasteiger partial charge < -0.3 is 0 Å². The highest BCUT2D eigenvalue weighted by atomic mass is 32.2. The van der Waals surface area contributed by atoms with E-state index in [1.54, 1.807) is 30.6 Å². The van der Waals surface area contributed by atoms with E-state index in [1.165, 1.54) is 17.7 Å². The molecule has 0 radical (unpaired) electrons. The second-order valence-corrected chi connectivity index (χ2v) is 8.24. The molecule has 0 spiro atoms. The first-order valence-electron chi connectivity index (χ1n) is 9.61. The molecule has 0 atom stereocenters. The van der Waals surface area contributed by atoms with Gasteiger partial charge in [0.2, 0.25) is 0 Å². The molecule has 7 nitrogen and oxygen atoms in total. The van der Waals surface area contributed by atoms with E-state index in [4.69, 9.17) is 4.55 Å². The molecule has 1 heterocycles. The lowest BCUT2D eigenvalue weighted by Crippen LogP contribution is -2.29. The van der Waals surface area contributed by atoms with Gasteiger partial charge >= 0.3 is 0 Å². The van der Waals surface area contributed by atoms with E-state index in [1.807, 2.05) is 49.0 Å². The second-order valence-electron chi connectivity index (χ2n) is 6.82. The molecule has 0 saturated heterocycles. The maximum absolute atomic E-state index is 11.8. The van der Waals surface area contributed by atoms with Crippen LogP contribution < -0.4 is 9.99 Å². The van der Waals surface area contributed by atoms with Crippen molar-refractivity contribution in [2.75, 3.05) is 0 Å². The first-order valence-corrected chi connectivity index (χ1v) is 11.0. The van der Waals surface area contributed by atoms with Crippen LogP contribution in [0, 0.1) is 6.92 Å². The van der Waals surface area contributed by atoms with Crippen molar-refractivity contribution >= 4 is 22.2 Å². The van der Waals surface area contributed by atoms with Crippen LogP contribution in [0.2, 0.25) is 0 Å². The molecular formula is C23H26N3O4S+. The van der Waals surface area contributed by atoms with E-state index >= 15 is 0 Å². The average Bonchev–Trinajstić information content (AvgIpc) is 2.74. The molecule has 0 aliphatic rings. The summed E-state index contributed by atoms with van der Waals surface area (Å²) < 4.78 is 31.4. The fourth-order valence-electron chi connectivity index (χ4n) is 2.54. The van der Waals surface area contributed by atoms with E-state index in [9.17, 15) is 13.2 Å². The lowest BCUT2D eigenvalue weighted by atomic mass is 10.1. The number of nitrogens with zero attached hydrogens (tertiary/aromatic N) is 2. The van der Waals surface area contributed by atoms with E-state index in [0.29, 0.717) is 5.56 Å². The Bertz CT molecular complexity index is 1110. The third-order valence-electron chi connectivity index (χ3n) is 4.18. The maximum Gasteiger partial charge on any atom is 0.294 e. The van der Waals surface area contributed by atoms with Gasteiger partial charge in [-0.3, -0.25) is 9.35 Å². The van der Waals surface area contributed by atoms with Crippen LogP contribution in [0.25, 0.3) is 0 Å². The van der Waals surface area contributed by atoms with Crippen LogP contribution in [-0.4, -0.2) is 25.1 Å². The Morgan fingerprint density at radius 3 is 2.35 bits per heavy atom. The van der Waals surface area contributed by atoms with Gasteiger partial charge in [0.05, 0.1) is 4.90 Å². The summed E-state index contributed by atoms with van der Waals surface area (Å²) >= 11 is 0. The Balaban J connectivity index is 0.000000262. The van der Waals surface area contributed by atoms with E-state index < -0.39 is 10.1 Å². The molecule has 2 N–H and O–H groups in total. The Labute approximate surface area is 182 Å². The zero-order chi connectivity index (χ0) is 22.7. The van der Waals surface area contributed by atoms with Crippen LogP contribution in [0.3, 0.4) is 0 Å². The first-order chi connectivity index (χ1) is 14.8. The van der Waals surface area contributed by atoms with Crippen molar-refractivity contribution in [2.45, 2.75) is 24.7 Å². The van der Waals surface area contributed by atoms with Gasteiger partial charge in [-0.05, 0) is 43.5 Å². The SMILES string of the molecule is C[n+]1cccc(C(=O)N/N=C/CCc2ccccc2)c1.Cc1ccc(S(=O)(=O)O)cc1. The number of carbonyl (C=O) groups is 1. The molecule has 3 rings (SSSR count). The van der Waals surface area contributed by atoms with Gasteiger partial charge in [-0.2, -0.15) is 13.5 Å². The fourth-order valence-corrected chi connectivity index (χ4v) is 3.02. The van der Waals surface area contributed by atoms with Crippen molar-refractivity contribution in [3.63, 3.8) is 0 Å². The highest BCUT2D eigenvalue weighted by molar-refractivity contribution is 7.85. The number of aryl methyl sites for hydroxylation is 3. The Hall–Kier alpha value is -3.36. The van der Waals surface area contributed by atoms with E-state index in [-0.39, 0.29) is 10.8 Å². The summed E-state index contributed by atoms with van der Waals surface area (Å²) in [6.45, 7) is 1.84. The number of rotatable bonds is 6. The van der Waals surface area contributed by atoms with Crippen LogP contribution >= 0.6 is 0 Å². The van der Waals surface area contributed by atoms with Crippen molar-refractivity contribution in [2.24, 2.45) is 12.1 Å². The van der Waals surface area contributed by atoms with E-state index in [2.05, 4.69) is 22.7 Å². The zero-order valence-corrected chi connectivity index (χ0v) is 18.3. The molecule has 2 aromatic carbocycles. The van der Waals surface area contributed by atoms with Crippen molar-refractivity contribution < 1.29 is 22.3 Å². The molecule has 0 saturated carbocycles. The Morgan fingerprint density at radius 1 is 1.06 bits per heavy atom. The molecule has 162 valence electrons. The minimum atomic E-state index is -4.02. The quantitative estimate of drug-likeness (QED) is 0.266. The number of amides is 1. The summed E-state index contributed by atoms with van der Waals surface area (Å²) in [6.07, 6.45) is 7.08. The Kier molecular flexibility index (Phi) is 9.05. The number of hydrogen-bond acceptors (Lipinski definition) is 4. The van der Waals surface area contributed by atoms with Crippen molar-refractivity contribution in [1.82, 2.24) is 5.43 Å². The number of hydrazone groups is 1. The van der Waals surface area contributed by atoms with Crippen LogP contribution in [0.4, 0.5) is 0 Å². The number of aromatic nitrogens is 1. The highest BCUT2D eigenvalue weighted by Gasteiger charge is 2.07. The summed E-state index contributed by atoms with van der Waals surface area (Å²) in [7, 11) is -2.14. The molecule has 31 heavy (non-hydrogen) atoms. The summed E-state index contributed by atoms with van der Waals surface area (Å²) in [5, 5.41) is 3.96. The minimum Gasteiger partial charge on any atom is -0.282 e. The molecule has 1 amide bonds. The van der Waals surface area contributed by atoms with Gasteiger partial charge in [-0.25, -0.2) is 9.99 Å². The number of benzene rings is 2. The third-order valence-corrected chi connectivity index (χ3v) is 5.05. The van der Waals surface area contributed by atoms with Crippen LogP contribution in [0.15, 0.2) is 89.1 Å². The standard InChI is InChI=1S/C16H17N3O.C7H8O3S/c1-19-12-6-10-15(13-19)16(20)18-17-11-5-9-14-7-3-2-4-8-14;1-6-2-4-7(5-3-6)11(8,9)10/h2-4,6-8,10-13H,5,9H2,1H3;2-5H,1H3,(H,8,9,10)/p+1/b17-11+;. The largest absolute Gasteiger partial charge is 0.294 e. The molecule has 0 bridgehead atoms. The maximum atomic E-state index is 11.8. The molecule has 0 aliphatic heterocycles. The third kappa shape index (κ3) is 8.90. The van der Waals surface area contributed by atoms with Crippen LogP contribution in [0.5, 0.6) is 0 Å². The summed E-state index contributed by atoms with van der Waals surface area (Å²) in [6, 6.07) is 19.8. The Morgan fingerprint density at radius 2 is 1.74 bits per heavy atom. The molecule has 8 heteroatoms. The van der Waals surface area contributed by atoms with Crippen molar-refractivity contribution in [3.8, 4) is 0 Å². The van der Waals surface area contributed by atoms with Crippen LogP contribution in [-0.2, 0) is 23.6 Å². The van der Waals surface area contributed by atoms with Gasteiger partial charge in [-0.15, -0.1) is 0 Å². The van der Waals surface area contributed by atoms with Gasteiger partial charge in [0, 0.05) is 12.3 Å². The number of carbonyl (C=O) groups excluding carboxylic acids is 1. The second kappa shape index (κ2) is 11.7. The lowest BCUT2D eigenvalue weighted by Gasteiger charge is -1.98. The van der Waals surface area contributed by atoms with Gasteiger partial charge in [-0.1, -0.05) is 48.0 Å². The summed E-state index contributed by atoms with van der Waals surface area (Å²) in [4.78, 5) is 11.7. The fraction of sp³-hybridized carbons (Fsp3) is 0.174. The number of hydrogen-bond donors (Lipinski definition) is 2. The minimum absolute atomic E-state index is 0.0666. The summed E-state index contributed by atoms with van der Waals surface area (Å²) in [5.41, 5.74) is 5.34. The molecule has 0 unspecified atom stereocenters. The zero-order valence-electron chi connectivity index (χ0n) is 17.5. The molecule has 0 fully saturated rings. The highest BCUT2D eigenvalue weighted by Crippen LogP contribution is 2.08. The van der Waals surface area contributed by atoms with Crippen molar-refractivity contribution in [3.05, 3.63) is 95.8 Å².